The van der Waals surface area contributed by atoms with E-state index in [4.69, 9.17) is 16.3 Å². The number of hydrogen-bond acceptors (Lipinski definition) is 3. The Bertz CT molecular complexity index is 687. The molecule has 0 aromatic heterocycles. The highest BCUT2D eigenvalue weighted by atomic mass is 35.5. The van der Waals surface area contributed by atoms with Crippen LogP contribution in [-0.4, -0.2) is 30.9 Å². The van der Waals surface area contributed by atoms with E-state index in [0.29, 0.717) is 18.4 Å². The van der Waals surface area contributed by atoms with Gasteiger partial charge in [0.05, 0.1) is 17.1 Å². The Balaban J connectivity index is 1.55. The second kappa shape index (κ2) is 10.0. The van der Waals surface area contributed by atoms with Crippen molar-refractivity contribution in [2.75, 3.05) is 18.9 Å². The number of halogens is 1. The minimum Gasteiger partial charge on any atom is -0.378 e. The van der Waals surface area contributed by atoms with Gasteiger partial charge in [0, 0.05) is 18.2 Å². The summed E-state index contributed by atoms with van der Waals surface area (Å²) in [6, 6.07) is 18.1. The molecular weight excluding hydrogens is 366 g/mol. The molecule has 1 aliphatic heterocycles. The average molecular weight is 390 g/mol. The van der Waals surface area contributed by atoms with Crippen molar-refractivity contribution < 1.29 is 9.53 Å². The van der Waals surface area contributed by atoms with Crippen LogP contribution in [0.3, 0.4) is 0 Å². The summed E-state index contributed by atoms with van der Waals surface area (Å²) in [5.41, 5.74) is 2.34. The molecule has 0 spiro atoms. The molecule has 3 rings (SSSR count). The quantitative estimate of drug-likeness (QED) is 0.701. The maximum absolute atomic E-state index is 12.2. The molecular formula is C21H24ClNO2S. The van der Waals surface area contributed by atoms with Crippen LogP contribution in [0.4, 0.5) is 0 Å². The van der Waals surface area contributed by atoms with Gasteiger partial charge in [0.25, 0.3) is 0 Å². The van der Waals surface area contributed by atoms with E-state index in [0.717, 1.165) is 36.5 Å². The van der Waals surface area contributed by atoms with E-state index in [1.54, 1.807) is 11.8 Å². The number of ether oxygens (including phenoxy) is 1. The second-order valence-corrected chi connectivity index (χ2v) is 7.96. The fraction of sp³-hybridized carbons (Fsp3) is 0.381. The summed E-state index contributed by atoms with van der Waals surface area (Å²) in [6.07, 6.45) is 3.45. The van der Waals surface area contributed by atoms with E-state index < -0.39 is 0 Å². The van der Waals surface area contributed by atoms with E-state index in [-0.39, 0.29) is 11.2 Å². The SMILES string of the molecule is O=C(CSC(c1ccccc1)c1ccc(Cl)cc1)NCCC1CCCO1. The molecule has 2 aromatic rings. The van der Waals surface area contributed by atoms with Gasteiger partial charge in [0.1, 0.15) is 0 Å². The number of benzene rings is 2. The molecule has 2 aromatic carbocycles. The van der Waals surface area contributed by atoms with Gasteiger partial charge < -0.3 is 10.1 Å². The molecule has 0 saturated carbocycles. The first-order valence-corrected chi connectivity index (χ1v) is 10.5. The monoisotopic (exact) mass is 389 g/mol. The van der Waals surface area contributed by atoms with Crippen molar-refractivity contribution in [3.05, 3.63) is 70.7 Å². The maximum Gasteiger partial charge on any atom is 0.230 e. The predicted octanol–water partition coefficient (Wildman–Crippen LogP) is 4.85. The summed E-state index contributed by atoms with van der Waals surface area (Å²) in [5.74, 6) is 0.496. The van der Waals surface area contributed by atoms with Crippen molar-refractivity contribution in [2.45, 2.75) is 30.6 Å². The molecule has 1 heterocycles. The molecule has 2 unspecified atom stereocenters. The predicted molar refractivity (Wildman–Crippen MR) is 109 cm³/mol. The van der Waals surface area contributed by atoms with Gasteiger partial charge in [0.2, 0.25) is 5.91 Å². The van der Waals surface area contributed by atoms with Crippen LogP contribution in [0.5, 0.6) is 0 Å². The van der Waals surface area contributed by atoms with Gasteiger partial charge in [-0.3, -0.25) is 4.79 Å². The van der Waals surface area contributed by atoms with Crippen molar-refractivity contribution in [1.29, 1.82) is 0 Å². The van der Waals surface area contributed by atoms with Crippen LogP contribution < -0.4 is 5.32 Å². The Kier molecular flexibility index (Phi) is 7.42. The zero-order valence-corrected chi connectivity index (χ0v) is 16.3. The third-order valence-electron chi connectivity index (χ3n) is 4.47. The summed E-state index contributed by atoms with van der Waals surface area (Å²) in [7, 11) is 0. The maximum atomic E-state index is 12.2. The normalized spacial score (nSPS) is 17.8. The standard InChI is InChI=1S/C21H24ClNO2S/c22-18-10-8-17(9-11-18)21(16-5-2-1-3-6-16)26-15-20(24)23-13-12-19-7-4-14-25-19/h1-3,5-6,8-11,19,21H,4,7,12-15H2,(H,23,24). The Morgan fingerprint density at radius 2 is 1.88 bits per heavy atom. The van der Waals surface area contributed by atoms with Crippen LogP contribution in [-0.2, 0) is 9.53 Å². The Morgan fingerprint density at radius 3 is 2.58 bits per heavy atom. The molecule has 1 aliphatic rings. The summed E-state index contributed by atoms with van der Waals surface area (Å²) in [4.78, 5) is 12.2. The Hall–Kier alpha value is -1.49. The van der Waals surface area contributed by atoms with E-state index in [2.05, 4.69) is 17.4 Å². The molecule has 138 valence electrons. The number of carbonyl (C=O) groups is 1. The first kappa shape index (κ1) is 19.3. The number of thioether (sulfide) groups is 1. The molecule has 5 heteroatoms. The summed E-state index contributed by atoms with van der Waals surface area (Å²) >= 11 is 7.66. The molecule has 26 heavy (non-hydrogen) atoms. The minimum absolute atomic E-state index is 0.0721. The number of hydrogen-bond donors (Lipinski definition) is 1. The highest BCUT2D eigenvalue weighted by Crippen LogP contribution is 2.35. The van der Waals surface area contributed by atoms with Crippen molar-refractivity contribution in [3.8, 4) is 0 Å². The first-order valence-electron chi connectivity index (χ1n) is 9.02. The molecule has 1 amide bonds. The summed E-state index contributed by atoms with van der Waals surface area (Å²) in [5, 5.41) is 3.84. The van der Waals surface area contributed by atoms with E-state index >= 15 is 0 Å². The molecule has 2 atom stereocenters. The lowest BCUT2D eigenvalue weighted by atomic mass is 10.0. The number of rotatable bonds is 8. The Morgan fingerprint density at radius 1 is 1.15 bits per heavy atom. The summed E-state index contributed by atoms with van der Waals surface area (Å²) < 4.78 is 5.59. The zero-order valence-electron chi connectivity index (χ0n) is 14.7. The third kappa shape index (κ3) is 5.76. The van der Waals surface area contributed by atoms with Gasteiger partial charge in [-0.2, -0.15) is 0 Å². The highest BCUT2D eigenvalue weighted by molar-refractivity contribution is 8.00. The van der Waals surface area contributed by atoms with Gasteiger partial charge in [-0.1, -0.05) is 54.1 Å². The van der Waals surface area contributed by atoms with Gasteiger partial charge in [-0.25, -0.2) is 0 Å². The van der Waals surface area contributed by atoms with Crippen molar-refractivity contribution in [2.24, 2.45) is 0 Å². The van der Waals surface area contributed by atoms with E-state index in [9.17, 15) is 4.79 Å². The average Bonchev–Trinajstić information content (AvgIpc) is 3.18. The van der Waals surface area contributed by atoms with Crippen LogP contribution in [0.25, 0.3) is 0 Å². The highest BCUT2D eigenvalue weighted by Gasteiger charge is 2.18. The molecule has 1 saturated heterocycles. The third-order valence-corrected chi connectivity index (χ3v) is 6.03. The topological polar surface area (TPSA) is 38.3 Å². The van der Waals surface area contributed by atoms with Crippen LogP contribution >= 0.6 is 23.4 Å². The molecule has 3 nitrogen and oxygen atoms in total. The van der Waals surface area contributed by atoms with Crippen LogP contribution in [0, 0.1) is 0 Å². The molecule has 0 bridgehead atoms. The van der Waals surface area contributed by atoms with Gasteiger partial charge in [0.15, 0.2) is 0 Å². The Labute approximate surface area is 164 Å². The van der Waals surface area contributed by atoms with Gasteiger partial charge in [-0.15, -0.1) is 11.8 Å². The van der Waals surface area contributed by atoms with Crippen molar-refractivity contribution in [3.63, 3.8) is 0 Å². The smallest absolute Gasteiger partial charge is 0.230 e. The largest absolute Gasteiger partial charge is 0.378 e. The lowest BCUT2D eigenvalue weighted by Gasteiger charge is -2.18. The van der Waals surface area contributed by atoms with Gasteiger partial charge >= 0.3 is 0 Å². The first-order chi connectivity index (χ1) is 12.7. The minimum atomic E-state index is 0.0721. The fourth-order valence-electron chi connectivity index (χ4n) is 3.10. The second-order valence-electron chi connectivity index (χ2n) is 6.43. The molecule has 0 radical (unpaired) electrons. The number of carbonyl (C=O) groups excluding carboxylic acids is 1. The van der Waals surface area contributed by atoms with E-state index in [1.165, 1.54) is 5.56 Å². The zero-order chi connectivity index (χ0) is 18.2. The molecule has 0 aliphatic carbocycles. The van der Waals surface area contributed by atoms with Crippen LogP contribution in [0.2, 0.25) is 5.02 Å². The van der Waals surface area contributed by atoms with Crippen molar-refractivity contribution >= 4 is 29.3 Å². The fourth-order valence-corrected chi connectivity index (χ4v) is 4.35. The number of nitrogens with one attached hydrogen (secondary N) is 1. The summed E-state index contributed by atoms with van der Waals surface area (Å²) in [6.45, 7) is 1.54. The van der Waals surface area contributed by atoms with Crippen LogP contribution in [0.1, 0.15) is 35.6 Å². The van der Waals surface area contributed by atoms with Crippen LogP contribution in [0.15, 0.2) is 54.6 Å². The van der Waals surface area contributed by atoms with Crippen molar-refractivity contribution in [1.82, 2.24) is 5.32 Å². The van der Waals surface area contributed by atoms with Gasteiger partial charge in [-0.05, 0) is 42.5 Å². The van der Waals surface area contributed by atoms with E-state index in [1.807, 2.05) is 42.5 Å². The lowest BCUT2D eigenvalue weighted by molar-refractivity contribution is -0.118. The lowest BCUT2D eigenvalue weighted by Crippen LogP contribution is -2.28. The molecule has 1 fully saturated rings. The molecule has 1 N–H and O–H groups in total. The number of amides is 1.